The maximum atomic E-state index is 10.1. The van der Waals surface area contributed by atoms with Gasteiger partial charge in [0, 0.05) is 0 Å². The largest absolute Gasteiger partial charge is 0.617 e. The van der Waals surface area contributed by atoms with Crippen LogP contribution in [0.3, 0.4) is 0 Å². The lowest BCUT2D eigenvalue weighted by atomic mass is 11.0. The summed E-state index contributed by atoms with van der Waals surface area (Å²) in [6.45, 7) is 0. The van der Waals surface area contributed by atoms with Gasteiger partial charge in [-0.2, -0.15) is 0 Å². The molecular weight excluding hydrogens is 120 g/mol. The van der Waals surface area contributed by atoms with Crippen molar-refractivity contribution < 1.29 is 4.55 Å². The lowest BCUT2D eigenvalue weighted by molar-refractivity contribution is 0.602. The van der Waals surface area contributed by atoms with Crippen LogP contribution in [0.25, 0.3) is 0 Å². The molecule has 3 heteroatoms. The Morgan fingerprint density at radius 1 is 1.83 bits per heavy atom. The van der Waals surface area contributed by atoms with Crippen molar-refractivity contribution in [2.24, 2.45) is 0 Å². The molecule has 0 amide bonds. The predicted molar refractivity (Wildman–Crippen MR) is 29.7 cm³/mol. The van der Waals surface area contributed by atoms with Crippen molar-refractivity contribution in [2.75, 3.05) is 17.9 Å². The lowest BCUT2D eigenvalue weighted by Crippen LogP contribution is -2.02. The van der Waals surface area contributed by atoms with Crippen molar-refractivity contribution in [3.05, 3.63) is 0 Å². The molecular formula is C3H7ClOS. The van der Waals surface area contributed by atoms with E-state index in [1.807, 2.05) is 0 Å². The summed E-state index contributed by atoms with van der Waals surface area (Å²) in [6, 6.07) is 0. The third-order valence-electron chi connectivity index (χ3n) is 0.365. The topological polar surface area (TPSA) is 23.1 Å². The molecule has 1 nitrogen and oxygen atoms in total. The fourth-order valence-electron chi connectivity index (χ4n) is 0.109. The minimum Gasteiger partial charge on any atom is -0.617 e. The zero-order valence-electron chi connectivity index (χ0n) is 3.61. The van der Waals surface area contributed by atoms with Crippen molar-refractivity contribution in [3.8, 4) is 0 Å². The Kier molecular flexibility index (Phi) is 4.16. The molecule has 0 saturated heterocycles. The van der Waals surface area contributed by atoms with Gasteiger partial charge in [-0.25, -0.2) is 0 Å². The lowest BCUT2D eigenvalue weighted by Gasteiger charge is -1.97. The predicted octanol–water partition coefficient (Wildman–Crippen LogP) is 0.604. The average Bonchev–Trinajstić information content (AvgIpc) is 1.35. The number of hydrogen-bond acceptors (Lipinski definition) is 1. The molecule has 0 saturated carbocycles. The van der Waals surface area contributed by atoms with Crippen LogP contribution in [0.4, 0.5) is 0 Å². The zero-order valence-corrected chi connectivity index (χ0v) is 5.18. The molecule has 0 rings (SSSR count). The van der Waals surface area contributed by atoms with Crippen molar-refractivity contribution in [3.63, 3.8) is 0 Å². The summed E-state index contributed by atoms with van der Waals surface area (Å²) in [6.07, 6.45) is 1.64. The van der Waals surface area contributed by atoms with E-state index in [0.29, 0.717) is 11.6 Å². The van der Waals surface area contributed by atoms with Crippen LogP contribution in [-0.4, -0.2) is 22.4 Å². The fraction of sp³-hybridized carbons (Fsp3) is 1.00. The Hall–Kier alpha value is 0.600. The summed E-state index contributed by atoms with van der Waals surface area (Å²) in [5.41, 5.74) is 0. The van der Waals surface area contributed by atoms with Gasteiger partial charge in [-0.05, 0) is 0 Å². The fourth-order valence-corrected chi connectivity index (χ4v) is 0.978. The first-order valence-electron chi connectivity index (χ1n) is 1.63. The minimum absolute atomic E-state index is 0.503. The molecule has 38 valence electrons. The molecule has 0 aromatic heterocycles. The van der Waals surface area contributed by atoms with Crippen LogP contribution in [0.15, 0.2) is 0 Å². The Bertz CT molecular complexity index is 32.0. The molecule has 0 radical (unpaired) electrons. The monoisotopic (exact) mass is 126 g/mol. The van der Waals surface area contributed by atoms with Crippen molar-refractivity contribution in [1.29, 1.82) is 0 Å². The highest BCUT2D eigenvalue weighted by Crippen LogP contribution is 1.83. The molecule has 1 unspecified atom stereocenters. The third-order valence-corrected chi connectivity index (χ3v) is 1.56. The van der Waals surface area contributed by atoms with E-state index < -0.39 is 11.2 Å². The van der Waals surface area contributed by atoms with Gasteiger partial charge in [0.15, 0.2) is 0 Å². The van der Waals surface area contributed by atoms with Gasteiger partial charge in [-0.3, -0.25) is 0 Å². The van der Waals surface area contributed by atoms with Crippen LogP contribution in [-0.2, 0) is 11.2 Å². The van der Waals surface area contributed by atoms with Gasteiger partial charge in [-0.15, -0.1) is 11.6 Å². The Balaban J connectivity index is 2.63. The first-order valence-corrected chi connectivity index (χ1v) is 3.89. The van der Waals surface area contributed by atoms with Crippen molar-refractivity contribution >= 4 is 22.8 Å². The molecule has 0 bridgehead atoms. The van der Waals surface area contributed by atoms with Gasteiger partial charge >= 0.3 is 0 Å². The third kappa shape index (κ3) is 4.60. The molecule has 0 heterocycles. The summed E-state index contributed by atoms with van der Waals surface area (Å²) < 4.78 is 10.1. The van der Waals surface area contributed by atoms with Crippen LogP contribution in [0.1, 0.15) is 0 Å². The summed E-state index contributed by atoms with van der Waals surface area (Å²) in [7, 11) is 0. The van der Waals surface area contributed by atoms with E-state index in [1.54, 1.807) is 6.26 Å². The van der Waals surface area contributed by atoms with Gasteiger partial charge in [0.2, 0.25) is 0 Å². The van der Waals surface area contributed by atoms with Gasteiger partial charge in [0.25, 0.3) is 0 Å². The first kappa shape index (κ1) is 6.60. The van der Waals surface area contributed by atoms with E-state index in [-0.39, 0.29) is 0 Å². The first-order chi connectivity index (χ1) is 2.77. The number of halogens is 1. The molecule has 0 aliphatic heterocycles. The van der Waals surface area contributed by atoms with E-state index in [4.69, 9.17) is 11.6 Å². The summed E-state index contributed by atoms with van der Waals surface area (Å²) in [5.74, 6) is 1.12. The quantitative estimate of drug-likeness (QED) is 0.393. The highest BCUT2D eigenvalue weighted by Gasteiger charge is 1.89. The molecule has 0 N–H and O–H groups in total. The van der Waals surface area contributed by atoms with Crippen molar-refractivity contribution in [1.82, 2.24) is 0 Å². The van der Waals surface area contributed by atoms with Crippen LogP contribution < -0.4 is 0 Å². The van der Waals surface area contributed by atoms with E-state index in [9.17, 15) is 4.55 Å². The highest BCUT2D eigenvalue weighted by molar-refractivity contribution is 7.90. The van der Waals surface area contributed by atoms with Gasteiger partial charge in [-0.1, -0.05) is 11.2 Å². The standard InChI is InChI=1S/C3H7ClOS/c1-6(5)3-2-4/h2-3H2,1H3. The summed E-state index contributed by atoms with van der Waals surface area (Å²) >= 11 is 4.51. The smallest absolute Gasteiger partial charge is 0.118 e. The van der Waals surface area contributed by atoms with Crippen LogP contribution in [0, 0.1) is 0 Å². The minimum atomic E-state index is -0.698. The summed E-state index contributed by atoms with van der Waals surface area (Å²) in [4.78, 5) is 0. The van der Waals surface area contributed by atoms with Gasteiger partial charge < -0.3 is 4.55 Å². The second-order valence-corrected chi connectivity index (χ2v) is 2.90. The molecule has 1 atom stereocenters. The number of rotatable bonds is 2. The van der Waals surface area contributed by atoms with Crippen LogP contribution in [0.2, 0.25) is 0 Å². The highest BCUT2D eigenvalue weighted by atomic mass is 35.5. The molecule has 0 aromatic carbocycles. The average molecular weight is 127 g/mol. The Morgan fingerprint density at radius 2 is 2.33 bits per heavy atom. The second kappa shape index (κ2) is 3.78. The Morgan fingerprint density at radius 3 is 2.33 bits per heavy atom. The SMILES string of the molecule is C[S+]([O-])CCCl. The number of alkyl halides is 1. The summed E-state index contributed by atoms with van der Waals surface area (Å²) in [5, 5.41) is 0. The van der Waals surface area contributed by atoms with E-state index >= 15 is 0 Å². The van der Waals surface area contributed by atoms with E-state index in [1.165, 1.54) is 0 Å². The van der Waals surface area contributed by atoms with Gasteiger partial charge in [0.05, 0.1) is 12.1 Å². The Labute approximate surface area is 45.9 Å². The zero-order chi connectivity index (χ0) is 4.99. The van der Waals surface area contributed by atoms with Crippen LogP contribution >= 0.6 is 11.6 Å². The van der Waals surface area contributed by atoms with E-state index in [2.05, 4.69) is 0 Å². The molecule has 6 heavy (non-hydrogen) atoms. The van der Waals surface area contributed by atoms with Crippen molar-refractivity contribution in [2.45, 2.75) is 0 Å². The van der Waals surface area contributed by atoms with Gasteiger partial charge in [0.1, 0.15) is 5.75 Å². The normalized spacial score (nSPS) is 14.5. The number of hydrogen-bond donors (Lipinski definition) is 0. The second-order valence-electron chi connectivity index (χ2n) is 0.966. The maximum absolute atomic E-state index is 10.1. The van der Waals surface area contributed by atoms with Crippen LogP contribution in [0.5, 0.6) is 0 Å². The molecule has 0 aliphatic carbocycles. The molecule has 0 aromatic rings. The molecule has 0 aliphatic rings. The van der Waals surface area contributed by atoms with E-state index in [0.717, 1.165) is 0 Å². The molecule has 0 fully saturated rings. The molecule has 0 spiro atoms. The maximum Gasteiger partial charge on any atom is 0.118 e.